The molecular weight excluding hydrogens is 362 g/mol. The van der Waals surface area contributed by atoms with Gasteiger partial charge in [0.2, 0.25) is 0 Å². The normalized spacial score (nSPS) is 11.6. The van der Waals surface area contributed by atoms with Crippen LogP contribution in [-0.2, 0) is 0 Å². The molecule has 2 N–H and O–H groups in total. The molecule has 2 aromatic carbocycles. The first-order valence-electron chi connectivity index (χ1n) is 9.90. The average Bonchev–Trinajstić information content (AvgIpc) is 2.76. The lowest BCUT2D eigenvalue weighted by atomic mass is 10.1. The number of amides is 1. The van der Waals surface area contributed by atoms with Gasteiger partial charge in [0.1, 0.15) is 17.8 Å². The van der Waals surface area contributed by atoms with Crippen LogP contribution < -0.4 is 15.5 Å². The first-order valence-corrected chi connectivity index (χ1v) is 9.90. The molecule has 0 aliphatic rings. The fraction of sp³-hybridized carbons (Fsp3) is 0.261. The molecule has 150 valence electrons. The van der Waals surface area contributed by atoms with Gasteiger partial charge in [0.15, 0.2) is 0 Å². The lowest BCUT2D eigenvalue weighted by Gasteiger charge is -2.21. The number of hydrogen-bond acceptors (Lipinski definition) is 5. The number of aromatic nitrogens is 2. The van der Waals surface area contributed by atoms with Crippen molar-refractivity contribution < 1.29 is 4.79 Å². The molecule has 6 heteroatoms. The number of rotatable bonds is 8. The highest BCUT2D eigenvalue weighted by Crippen LogP contribution is 2.20. The topological polar surface area (TPSA) is 70.2 Å². The predicted molar refractivity (Wildman–Crippen MR) is 118 cm³/mol. The van der Waals surface area contributed by atoms with Gasteiger partial charge in [0, 0.05) is 36.6 Å². The van der Waals surface area contributed by atoms with Crippen LogP contribution >= 0.6 is 0 Å². The summed E-state index contributed by atoms with van der Waals surface area (Å²) in [6.07, 6.45) is 1.40. The van der Waals surface area contributed by atoms with Crippen LogP contribution in [0.3, 0.4) is 0 Å². The molecule has 1 atom stereocenters. The third kappa shape index (κ3) is 5.31. The number of anilines is 3. The summed E-state index contributed by atoms with van der Waals surface area (Å²) < 4.78 is 0. The van der Waals surface area contributed by atoms with Crippen LogP contribution in [0.25, 0.3) is 0 Å². The van der Waals surface area contributed by atoms with E-state index in [0.717, 1.165) is 30.0 Å². The van der Waals surface area contributed by atoms with Crippen LogP contribution in [0.2, 0.25) is 0 Å². The van der Waals surface area contributed by atoms with E-state index in [0.29, 0.717) is 11.5 Å². The Hall–Kier alpha value is -3.41. The molecule has 0 saturated carbocycles. The highest BCUT2D eigenvalue weighted by atomic mass is 16.1. The molecule has 6 nitrogen and oxygen atoms in total. The molecule has 3 aromatic rings. The second-order valence-electron chi connectivity index (χ2n) is 6.74. The highest BCUT2D eigenvalue weighted by molar-refractivity contribution is 6.03. The predicted octanol–water partition coefficient (Wildman–Crippen LogP) is 4.75. The number of benzene rings is 2. The quantitative estimate of drug-likeness (QED) is 0.582. The molecule has 0 bridgehead atoms. The zero-order valence-electron chi connectivity index (χ0n) is 17.1. The maximum absolute atomic E-state index is 12.6. The van der Waals surface area contributed by atoms with Gasteiger partial charge in [-0.25, -0.2) is 9.97 Å². The van der Waals surface area contributed by atoms with Crippen LogP contribution in [0.4, 0.5) is 17.2 Å². The molecule has 1 heterocycles. The van der Waals surface area contributed by atoms with Crippen molar-refractivity contribution >= 4 is 23.1 Å². The van der Waals surface area contributed by atoms with E-state index < -0.39 is 0 Å². The van der Waals surface area contributed by atoms with Gasteiger partial charge in [-0.2, -0.15) is 0 Å². The third-order valence-corrected chi connectivity index (χ3v) is 4.82. The van der Waals surface area contributed by atoms with Crippen molar-refractivity contribution in [3.63, 3.8) is 0 Å². The van der Waals surface area contributed by atoms with Gasteiger partial charge >= 0.3 is 0 Å². The number of carbonyl (C=O) groups is 1. The maximum atomic E-state index is 12.6. The Kier molecular flexibility index (Phi) is 6.79. The van der Waals surface area contributed by atoms with Crippen molar-refractivity contribution in [3.8, 4) is 0 Å². The number of hydrogen-bond donors (Lipinski definition) is 2. The van der Waals surface area contributed by atoms with E-state index in [4.69, 9.17) is 0 Å². The Morgan fingerprint density at radius 1 is 1.00 bits per heavy atom. The molecule has 1 unspecified atom stereocenters. The summed E-state index contributed by atoms with van der Waals surface area (Å²) in [4.78, 5) is 23.2. The molecule has 3 rings (SSSR count). The van der Waals surface area contributed by atoms with Crippen molar-refractivity contribution in [2.75, 3.05) is 28.6 Å². The minimum Gasteiger partial charge on any atom is -0.372 e. The van der Waals surface area contributed by atoms with Crippen LogP contribution in [0.15, 0.2) is 67.0 Å². The van der Waals surface area contributed by atoms with Crippen LogP contribution in [0, 0.1) is 0 Å². The number of carbonyl (C=O) groups excluding carboxylic acids is 1. The largest absolute Gasteiger partial charge is 0.372 e. The number of nitrogens with zero attached hydrogens (tertiary/aromatic N) is 3. The average molecular weight is 390 g/mol. The monoisotopic (exact) mass is 389 g/mol. The first kappa shape index (κ1) is 20.3. The minimum atomic E-state index is -0.265. The van der Waals surface area contributed by atoms with Crippen molar-refractivity contribution in [1.29, 1.82) is 0 Å². The summed E-state index contributed by atoms with van der Waals surface area (Å²) >= 11 is 0. The molecule has 0 radical (unpaired) electrons. The van der Waals surface area contributed by atoms with Gasteiger partial charge in [-0.1, -0.05) is 30.3 Å². The van der Waals surface area contributed by atoms with Gasteiger partial charge < -0.3 is 15.5 Å². The lowest BCUT2D eigenvalue weighted by molar-refractivity contribution is 0.102. The lowest BCUT2D eigenvalue weighted by Crippen LogP contribution is -2.21. The van der Waals surface area contributed by atoms with E-state index >= 15 is 0 Å². The zero-order valence-corrected chi connectivity index (χ0v) is 17.1. The zero-order chi connectivity index (χ0) is 20.6. The molecular formula is C23H27N5O. The summed E-state index contributed by atoms with van der Waals surface area (Å²) in [6, 6.07) is 19.6. The van der Waals surface area contributed by atoms with E-state index in [-0.39, 0.29) is 11.9 Å². The Balaban J connectivity index is 1.66. The summed E-state index contributed by atoms with van der Waals surface area (Å²) in [6.45, 7) is 8.19. The molecule has 0 aliphatic carbocycles. The second-order valence-corrected chi connectivity index (χ2v) is 6.74. The number of nitrogens with one attached hydrogen (secondary N) is 2. The third-order valence-electron chi connectivity index (χ3n) is 4.82. The van der Waals surface area contributed by atoms with Gasteiger partial charge in [-0.15, -0.1) is 0 Å². The minimum absolute atomic E-state index is 0.0645. The van der Waals surface area contributed by atoms with Crippen LogP contribution in [0.1, 0.15) is 42.9 Å². The van der Waals surface area contributed by atoms with Gasteiger partial charge in [0.25, 0.3) is 5.91 Å². The smallest absolute Gasteiger partial charge is 0.274 e. The summed E-state index contributed by atoms with van der Waals surface area (Å²) in [5.74, 6) is 0.344. The van der Waals surface area contributed by atoms with E-state index in [1.807, 2.05) is 54.6 Å². The first-order chi connectivity index (χ1) is 14.1. The molecule has 29 heavy (non-hydrogen) atoms. The molecule has 0 saturated heterocycles. The van der Waals surface area contributed by atoms with Crippen molar-refractivity contribution in [1.82, 2.24) is 9.97 Å². The van der Waals surface area contributed by atoms with Gasteiger partial charge in [0.05, 0.1) is 0 Å². The van der Waals surface area contributed by atoms with Crippen LogP contribution in [-0.4, -0.2) is 29.0 Å². The summed E-state index contributed by atoms with van der Waals surface area (Å²) in [5.41, 5.74) is 3.33. The Morgan fingerprint density at radius 3 is 2.34 bits per heavy atom. The van der Waals surface area contributed by atoms with Crippen molar-refractivity contribution in [2.24, 2.45) is 0 Å². The SMILES string of the molecule is CCN(CC)c1ccc(NC(=O)c2cc(NC(C)c3ccccc3)ncn2)cc1. The fourth-order valence-electron chi connectivity index (χ4n) is 3.15. The maximum Gasteiger partial charge on any atom is 0.274 e. The molecule has 0 fully saturated rings. The summed E-state index contributed by atoms with van der Waals surface area (Å²) in [5, 5.41) is 6.21. The highest BCUT2D eigenvalue weighted by Gasteiger charge is 2.12. The van der Waals surface area contributed by atoms with E-state index in [1.165, 1.54) is 6.33 Å². The summed E-state index contributed by atoms with van der Waals surface area (Å²) in [7, 11) is 0. The molecule has 0 aliphatic heterocycles. The second kappa shape index (κ2) is 9.68. The van der Waals surface area contributed by atoms with E-state index in [2.05, 4.69) is 46.3 Å². The van der Waals surface area contributed by atoms with Crippen molar-refractivity contribution in [2.45, 2.75) is 26.8 Å². The fourth-order valence-corrected chi connectivity index (χ4v) is 3.15. The standard InChI is InChI=1S/C23H27N5O/c1-4-28(5-2)20-13-11-19(12-14-20)27-23(29)21-15-22(25-16-24-21)26-17(3)18-9-7-6-8-10-18/h6-17H,4-5H2,1-3H3,(H,27,29)(H,24,25,26). The molecule has 0 spiro atoms. The molecule has 1 aromatic heterocycles. The molecule has 1 amide bonds. The Morgan fingerprint density at radius 2 is 1.69 bits per heavy atom. The van der Waals surface area contributed by atoms with Crippen LogP contribution in [0.5, 0.6) is 0 Å². The van der Waals surface area contributed by atoms with Crippen molar-refractivity contribution in [3.05, 3.63) is 78.2 Å². The Labute approximate surface area is 172 Å². The van der Waals surface area contributed by atoms with Gasteiger partial charge in [-0.3, -0.25) is 4.79 Å². The van der Waals surface area contributed by atoms with Gasteiger partial charge in [-0.05, 0) is 50.6 Å². The van der Waals surface area contributed by atoms with E-state index in [9.17, 15) is 4.79 Å². The Bertz CT molecular complexity index is 924. The van der Waals surface area contributed by atoms with E-state index in [1.54, 1.807) is 6.07 Å².